The van der Waals surface area contributed by atoms with Crippen LogP contribution in [0, 0.1) is 0 Å². The normalized spacial score (nSPS) is 15.1. The first kappa shape index (κ1) is 28.6. The third-order valence-electron chi connectivity index (χ3n) is 6.40. The molecule has 0 aliphatic heterocycles. The summed E-state index contributed by atoms with van der Waals surface area (Å²) in [4.78, 5) is 30.5. The van der Waals surface area contributed by atoms with Crippen LogP contribution in [0.3, 0.4) is 0 Å². The molecule has 0 amide bonds. The summed E-state index contributed by atoms with van der Waals surface area (Å²) in [6.45, 7) is 3.53. The summed E-state index contributed by atoms with van der Waals surface area (Å²) in [6, 6.07) is 7.15. The highest BCUT2D eigenvalue weighted by Crippen LogP contribution is 2.42. The lowest BCUT2D eigenvalue weighted by molar-refractivity contribution is -0.150. The second-order valence-electron chi connectivity index (χ2n) is 8.97. The van der Waals surface area contributed by atoms with E-state index < -0.39 is 12.1 Å². The summed E-state index contributed by atoms with van der Waals surface area (Å²) in [5.41, 5.74) is 0.956. The number of carbonyl (C=O) groups is 1. The lowest BCUT2D eigenvalue weighted by atomic mass is 9.88. The minimum atomic E-state index is -0.896. The number of aromatic nitrogens is 2. The Balaban J connectivity index is 1.78. The smallest absolute Gasteiger partial charge is 0.347 e. The predicted molar refractivity (Wildman–Crippen MR) is 155 cm³/mol. The van der Waals surface area contributed by atoms with Crippen LogP contribution in [0.2, 0.25) is 5.02 Å². The standard InChI is InChI=1S/C27H28Br2ClN3O5/c1-4-37-27(35)15(2)38-24-21(36-3)12-17(22(29)23(24)30)14-31-33-25(16-8-6-5-7-9-16)32-20-11-10-18(28)13-19(20)26(33)34/h10-16H,4-9H2,1-3H3/t15-/m0/s1. The van der Waals surface area contributed by atoms with Crippen molar-refractivity contribution in [1.29, 1.82) is 0 Å². The number of nitrogens with zero attached hydrogens (tertiary/aromatic N) is 3. The molecule has 4 rings (SSSR count). The van der Waals surface area contributed by atoms with Gasteiger partial charge in [-0.3, -0.25) is 4.79 Å². The summed E-state index contributed by atoms with van der Waals surface area (Å²) in [5.74, 6) is 0.770. The Morgan fingerprint density at radius 2 is 2.00 bits per heavy atom. The number of ether oxygens (including phenoxy) is 3. The van der Waals surface area contributed by atoms with E-state index in [9.17, 15) is 9.59 Å². The number of rotatable bonds is 8. The number of esters is 1. The Morgan fingerprint density at radius 1 is 1.26 bits per heavy atom. The molecule has 202 valence electrons. The van der Waals surface area contributed by atoms with Gasteiger partial charge in [-0.25, -0.2) is 9.78 Å². The van der Waals surface area contributed by atoms with E-state index in [0.29, 0.717) is 32.5 Å². The van der Waals surface area contributed by atoms with Crippen LogP contribution < -0.4 is 15.0 Å². The molecule has 1 atom stereocenters. The van der Waals surface area contributed by atoms with Gasteiger partial charge in [0.05, 0.1) is 30.8 Å². The van der Waals surface area contributed by atoms with E-state index in [4.69, 9.17) is 30.8 Å². The zero-order valence-corrected chi connectivity index (χ0v) is 25.2. The lowest BCUT2D eigenvalue weighted by Gasteiger charge is -2.23. The SMILES string of the molecule is CCOC(=O)[C@H](C)Oc1c(OC)cc(C=Nn2c(C3CCCCC3)nc3ccc(Br)cc3c2=O)c(Br)c1Cl. The van der Waals surface area contributed by atoms with Gasteiger partial charge in [-0.2, -0.15) is 9.78 Å². The van der Waals surface area contributed by atoms with Gasteiger partial charge in [0.15, 0.2) is 17.6 Å². The molecule has 11 heteroatoms. The molecule has 1 saturated carbocycles. The van der Waals surface area contributed by atoms with Crippen molar-refractivity contribution in [1.82, 2.24) is 9.66 Å². The molecular formula is C27H28Br2ClN3O5. The maximum Gasteiger partial charge on any atom is 0.347 e. The van der Waals surface area contributed by atoms with Crippen molar-refractivity contribution < 1.29 is 19.0 Å². The molecule has 8 nitrogen and oxygen atoms in total. The van der Waals surface area contributed by atoms with E-state index in [1.807, 2.05) is 12.1 Å². The molecule has 1 aromatic heterocycles. The number of hydrogen-bond donors (Lipinski definition) is 0. The van der Waals surface area contributed by atoms with Crippen molar-refractivity contribution in [3.05, 3.63) is 60.0 Å². The molecule has 2 aromatic carbocycles. The monoisotopic (exact) mass is 667 g/mol. The Morgan fingerprint density at radius 3 is 2.68 bits per heavy atom. The Hall–Kier alpha value is -2.43. The van der Waals surface area contributed by atoms with Crippen LogP contribution in [-0.4, -0.2) is 41.7 Å². The fraction of sp³-hybridized carbons (Fsp3) is 0.407. The van der Waals surface area contributed by atoms with Crippen molar-refractivity contribution in [3.8, 4) is 11.5 Å². The number of hydrogen-bond acceptors (Lipinski definition) is 7. The third kappa shape index (κ3) is 6.07. The van der Waals surface area contributed by atoms with Crippen molar-refractivity contribution in [2.75, 3.05) is 13.7 Å². The molecule has 38 heavy (non-hydrogen) atoms. The minimum absolute atomic E-state index is 0.142. The van der Waals surface area contributed by atoms with Crippen molar-refractivity contribution in [3.63, 3.8) is 0 Å². The molecule has 0 unspecified atom stereocenters. The van der Waals surface area contributed by atoms with E-state index >= 15 is 0 Å². The van der Waals surface area contributed by atoms with Gasteiger partial charge in [-0.15, -0.1) is 0 Å². The highest BCUT2D eigenvalue weighted by atomic mass is 79.9. The summed E-state index contributed by atoms with van der Waals surface area (Å²) < 4.78 is 19.0. The van der Waals surface area contributed by atoms with Crippen LogP contribution in [0.25, 0.3) is 10.9 Å². The number of carbonyl (C=O) groups excluding carboxylic acids is 1. The first-order valence-corrected chi connectivity index (χ1v) is 14.4. The van der Waals surface area contributed by atoms with Crippen molar-refractivity contribution in [2.24, 2.45) is 5.10 Å². The second kappa shape index (κ2) is 12.6. The molecule has 1 fully saturated rings. The number of methoxy groups -OCH3 is 1. The lowest BCUT2D eigenvalue weighted by Crippen LogP contribution is -2.26. The van der Waals surface area contributed by atoms with E-state index in [1.165, 1.54) is 24.4 Å². The van der Waals surface area contributed by atoms with E-state index in [-0.39, 0.29) is 28.9 Å². The Labute approximate surface area is 242 Å². The zero-order valence-electron chi connectivity index (χ0n) is 21.3. The van der Waals surface area contributed by atoms with Gasteiger partial charge in [-0.05, 0) is 66.9 Å². The largest absolute Gasteiger partial charge is 0.493 e. The van der Waals surface area contributed by atoms with Gasteiger partial charge in [0, 0.05) is 20.4 Å². The van der Waals surface area contributed by atoms with Crippen molar-refractivity contribution >= 4 is 66.5 Å². The molecule has 0 radical (unpaired) electrons. The first-order valence-electron chi connectivity index (χ1n) is 12.4. The summed E-state index contributed by atoms with van der Waals surface area (Å²) in [5, 5.41) is 5.26. The van der Waals surface area contributed by atoms with Gasteiger partial charge < -0.3 is 14.2 Å². The maximum atomic E-state index is 13.6. The summed E-state index contributed by atoms with van der Waals surface area (Å²) in [7, 11) is 1.47. The number of fused-ring (bicyclic) bond motifs is 1. The van der Waals surface area contributed by atoms with Crippen LogP contribution in [0.15, 0.2) is 43.1 Å². The summed E-state index contributed by atoms with van der Waals surface area (Å²) in [6.07, 6.45) is 5.91. The Bertz CT molecular complexity index is 1440. The fourth-order valence-corrected chi connectivity index (χ4v) is 5.47. The summed E-state index contributed by atoms with van der Waals surface area (Å²) >= 11 is 13.6. The molecule has 0 spiro atoms. The van der Waals surface area contributed by atoms with E-state index in [0.717, 1.165) is 30.2 Å². The van der Waals surface area contributed by atoms with Crippen LogP contribution in [0.5, 0.6) is 11.5 Å². The van der Waals surface area contributed by atoms with Crippen LogP contribution in [0.1, 0.15) is 63.3 Å². The molecule has 0 N–H and O–H groups in total. The van der Waals surface area contributed by atoms with Gasteiger partial charge in [0.2, 0.25) is 0 Å². The number of halogens is 3. The number of benzene rings is 2. The minimum Gasteiger partial charge on any atom is -0.493 e. The van der Waals surface area contributed by atoms with Crippen molar-refractivity contribution in [2.45, 2.75) is 58.0 Å². The van der Waals surface area contributed by atoms with Crippen LogP contribution in [0.4, 0.5) is 0 Å². The molecule has 0 saturated heterocycles. The van der Waals surface area contributed by atoms with E-state index in [2.05, 4.69) is 37.0 Å². The average Bonchev–Trinajstić information content (AvgIpc) is 2.92. The predicted octanol–water partition coefficient (Wildman–Crippen LogP) is 6.84. The molecule has 1 aliphatic carbocycles. The quantitative estimate of drug-likeness (QED) is 0.193. The Kier molecular flexibility index (Phi) is 9.49. The molecular weight excluding hydrogens is 642 g/mol. The molecule has 1 heterocycles. The van der Waals surface area contributed by atoms with Gasteiger partial charge >= 0.3 is 5.97 Å². The highest BCUT2D eigenvalue weighted by molar-refractivity contribution is 9.10. The van der Waals surface area contributed by atoms with Crippen LogP contribution in [-0.2, 0) is 9.53 Å². The molecule has 0 bridgehead atoms. The maximum absolute atomic E-state index is 13.6. The average molecular weight is 670 g/mol. The van der Waals surface area contributed by atoms with Gasteiger partial charge in [-0.1, -0.05) is 46.8 Å². The third-order valence-corrected chi connectivity index (χ3v) is 8.34. The topological polar surface area (TPSA) is 92.0 Å². The van der Waals surface area contributed by atoms with E-state index in [1.54, 1.807) is 26.0 Å². The zero-order chi connectivity index (χ0) is 27.4. The fourth-order valence-electron chi connectivity index (χ4n) is 4.47. The molecule has 3 aromatic rings. The van der Waals surface area contributed by atoms with Gasteiger partial charge in [0.25, 0.3) is 5.56 Å². The first-order chi connectivity index (χ1) is 18.2. The van der Waals surface area contributed by atoms with Crippen LogP contribution >= 0.6 is 43.5 Å². The second-order valence-corrected chi connectivity index (χ2v) is 11.1. The van der Waals surface area contributed by atoms with Gasteiger partial charge in [0.1, 0.15) is 10.8 Å². The molecule has 1 aliphatic rings. The highest BCUT2D eigenvalue weighted by Gasteiger charge is 2.25.